The van der Waals surface area contributed by atoms with Gasteiger partial charge in [0.2, 0.25) is 0 Å². The molecule has 0 unspecified atom stereocenters. The third-order valence-electron chi connectivity index (χ3n) is 3.67. The molecule has 8 heteroatoms. The first-order chi connectivity index (χ1) is 10.8. The van der Waals surface area contributed by atoms with E-state index in [-0.39, 0.29) is 6.03 Å². The number of amides is 2. The largest absolute Gasteiger partial charge is 0.341 e. The molecule has 0 spiro atoms. The quantitative estimate of drug-likeness (QED) is 0.483. The maximum Gasteiger partial charge on any atom is 0.317 e. The number of hydrogen-bond acceptors (Lipinski definition) is 5. The van der Waals surface area contributed by atoms with E-state index in [0.717, 1.165) is 61.6 Å². The van der Waals surface area contributed by atoms with Crippen molar-refractivity contribution < 1.29 is 4.79 Å². The lowest BCUT2D eigenvalue weighted by atomic mass is 10.3. The summed E-state index contributed by atoms with van der Waals surface area (Å²) in [6.07, 6.45) is 7.45. The number of urea groups is 1. The fourth-order valence-corrected chi connectivity index (χ4v) is 3.43. The number of carbonyl (C=O) groups excluding carboxylic acids is 1. The van der Waals surface area contributed by atoms with Crippen molar-refractivity contribution in [3.05, 3.63) is 12.7 Å². The van der Waals surface area contributed by atoms with Crippen LogP contribution in [0, 0.1) is 0 Å². The number of unbranched alkanes of at least 4 members (excludes halogenated alkanes) is 1. The number of carbonyl (C=O) groups is 1. The SMILES string of the molecule is O=C(NCCCCSc1ncnc2nc[nH]c12)N1CCCC1. The van der Waals surface area contributed by atoms with E-state index in [0.29, 0.717) is 5.65 Å². The molecule has 1 saturated heterocycles. The van der Waals surface area contributed by atoms with Gasteiger partial charge in [0.05, 0.1) is 6.33 Å². The predicted molar refractivity (Wildman–Crippen MR) is 85.8 cm³/mol. The highest BCUT2D eigenvalue weighted by atomic mass is 32.2. The maximum atomic E-state index is 11.8. The number of imidazole rings is 1. The number of hydrogen-bond donors (Lipinski definition) is 2. The molecule has 0 saturated carbocycles. The van der Waals surface area contributed by atoms with Gasteiger partial charge in [0.25, 0.3) is 0 Å². The molecule has 2 amide bonds. The van der Waals surface area contributed by atoms with Crippen molar-refractivity contribution in [2.24, 2.45) is 0 Å². The summed E-state index contributed by atoms with van der Waals surface area (Å²) >= 11 is 1.69. The van der Waals surface area contributed by atoms with Crippen molar-refractivity contribution in [3.8, 4) is 0 Å². The van der Waals surface area contributed by atoms with Gasteiger partial charge in [0.1, 0.15) is 16.9 Å². The van der Waals surface area contributed by atoms with Crippen LogP contribution in [0.25, 0.3) is 11.2 Å². The van der Waals surface area contributed by atoms with Gasteiger partial charge in [-0.2, -0.15) is 0 Å². The van der Waals surface area contributed by atoms with E-state index in [4.69, 9.17) is 0 Å². The lowest BCUT2D eigenvalue weighted by Gasteiger charge is -2.15. The standard InChI is InChI=1S/C14H20N6OS/c21-14(20-6-2-3-7-20)15-5-1-4-8-22-13-11-12(17-9-16-11)18-10-19-13/h9-10H,1-8H2,(H,15,21)(H,16,17,18,19). The van der Waals surface area contributed by atoms with E-state index in [1.165, 1.54) is 0 Å². The van der Waals surface area contributed by atoms with Crippen LogP contribution in [-0.4, -0.2) is 56.3 Å². The molecule has 1 aliphatic rings. The molecule has 0 radical (unpaired) electrons. The summed E-state index contributed by atoms with van der Waals surface area (Å²) in [5.74, 6) is 0.963. The Bertz CT molecular complexity index is 625. The van der Waals surface area contributed by atoms with E-state index in [9.17, 15) is 4.79 Å². The zero-order valence-corrected chi connectivity index (χ0v) is 13.2. The molecular formula is C14H20N6OS. The van der Waals surface area contributed by atoms with E-state index in [1.54, 1.807) is 24.4 Å². The van der Waals surface area contributed by atoms with Crippen LogP contribution >= 0.6 is 11.8 Å². The van der Waals surface area contributed by atoms with Gasteiger partial charge in [-0.25, -0.2) is 19.7 Å². The molecule has 0 bridgehead atoms. The van der Waals surface area contributed by atoms with Crippen LogP contribution in [0.5, 0.6) is 0 Å². The molecule has 2 aromatic heterocycles. The van der Waals surface area contributed by atoms with E-state index < -0.39 is 0 Å². The van der Waals surface area contributed by atoms with E-state index in [2.05, 4.69) is 25.3 Å². The minimum atomic E-state index is 0.0834. The maximum absolute atomic E-state index is 11.8. The number of rotatable bonds is 6. The van der Waals surface area contributed by atoms with Crippen molar-refractivity contribution in [2.75, 3.05) is 25.4 Å². The first kappa shape index (κ1) is 15.1. The molecule has 2 N–H and O–H groups in total. The van der Waals surface area contributed by atoms with E-state index >= 15 is 0 Å². The van der Waals surface area contributed by atoms with Gasteiger partial charge >= 0.3 is 6.03 Å². The van der Waals surface area contributed by atoms with E-state index in [1.807, 2.05) is 4.90 Å². The normalized spacial score (nSPS) is 14.6. The van der Waals surface area contributed by atoms with Gasteiger partial charge in [0, 0.05) is 19.6 Å². The number of aromatic nitrogens is 4. The third kappa shape index (κ3) is 3.68. The summed E-state index contributed by atoms with van der Waals surface area (Å²) in [7, 11) is 0. The number of nitrogens with zero attached hydrogens (tertiary/aromatic N) is 4. The summed E-state index contributed by atoms with van der Waals surface area (Å²) in [5.41, 5.74) is 1.60. The fraction of sp³-hybridized carbons (Fsp3) is 0.571. The highest BCUT2D eigenvalue weighted by Gasteiger charge is 2.16. The van der Waals surface area contributed by atoms with Crippen molar-refractivity contribution in [1.82, 2.24) is 30.2 Å². The molecule has 1 fully saturated rings. The van der Waals surface area contributed by atoms with Crippen LogP contribution in [0.4, 0.5) is 4.79 Å². The Kier molecular flexibility index (Phi) is 5.10. The molecule has 0 aromatic carbocycles. The Morgan fingerprint density at radius 2 is 2.14 bits per heavy atom. The first-order valence-corrected chi connectivity index (χ1v) is 8.63. The number of likely N-dealkylation sites (tertiary alicyclic amines) is 1. The molecule has 7 nitrogen and oxygen atoms in total. The van der Waals surface area contributed by atoms with Crippen LogP contribution in [-0.2, 0) is 0 Å². The highest BCUT2D eigenvalue weighted by Crippen LogP contribution is 2.22. The Morgan fingerprint density at radius 1 is 1.27 bits per heavy atom. The van der Waals surface area contributed by atoms with Crippen molar-refractivity contribution >= 4 is 29.0 Å². The lowest BCUT2D eigenvalue weighted by molar-refractivity contribution is 0.208. The van der Waals surface area contributed by atoms with Crippen molar-refractivity contribution in [3.63, 3.8) is 0 Å². The molecule has 22 heavy (non-hydrogen) atoms. The van der Waals surface area contributed by atoms with Gasteiger partial charge in [-0.15, -0.1) is 11.8 Å². The molecule has 0 atom stereocenters. The van der Waals surface area contributed by atoms with Crippen LogP contribution in [0.2, 0.25) is 0 Å². The topological polar surface area (TPSA) is 86.8 Å². The lowest BCUT2D eigenvalue weighted by Crippen LogP contribution is -2.38. The summed E-state index contributed by atoms with van der Waals surface area (Å²) in [5, 5.41) is 3.92. The summed E-state index contributed by atoms with van der Waals surface area (Å²) in [6, 6.07) is 0.0834. The van der Waals surface area contributed by atoms with Gasteiger partial charge in [0.15, 0.2) is 5.65 Å². The predicted octanol–water partition coefficient (Wildman–Crippen LogP) is 2.03. The molecule has 3 heterocycles. The monoisotopic (exact) mass is 320 g/mol. The molecule has 2 aromatic rings. The third-order valence-corrected chi connectivity index (χ3v) is 4.74. The smallest absolute Gasteiger partial charge is 0.317 e. The first-order valence-electron chi connectivity index (χ1n) is 7.64. The second-order valence-electron chi connectivity index (χ2n) is 5.26. The Hall–Kier alpha value is -1.83. The number of fused-ring (bicyclic) bond motifs is 1. The second kappa shape index (κ2) is 7.44. The van der Waals surface area contributed by atoms with Gasteiger partial charge in [-0.3, -0.25) is 0 Å². The summed E-state index contributed by atoms with van der Waals surface area (Å²) in [4.78, 5) is 29.3. The Balaban J connectivity index is 1.34. The molecule has 1 aliphatic heterocycles. The molecule has 3 rings (SSSR count). The number of thioether (sulfide) groups is 1. The minimum absolute atomic E-state index is 0.0834. The summed E-state index contributed by atoms with van der Waals surface area (Å²) in [6.45, 7) is 2.53. The van der Waals surface area contributed by atoms with Gasteiger partial charge in [-0.05, 0) is 31.4 Å². The Labute approximate surface area is 133 Å². The van der Waals surface area contributed by atoms with Crippen LogP contribution in [0.3, 0.4) is 0 Å². The number of aromatic amines is 1. The van der Waals surface area contributed by atoms with Gasteiger partial charge < -0.3 is 15.2 Å². The van der Waals surface area contributed by atoms with Crippen LogP contribution in [0.15, 0.2) is 17.7 Å². The second-order valence-corrected chi connectivity index (χ2v) is 6.35. The van der Waals surface area contributed by atoms with Crippen LogP contribution in [0.1, 0.15) is 25.7 Å². The zero-order chi connectivity index (χ0) is 15.2. The molecule has 0 aliphatic carbocycles. The number of H-pyrrole nitrogens is 1. The van der Waals surface area contributed by atoms with Gasteiger partial charge in [-0.1, -0.05) is 0 Å². The molecule has 118 valence electrons. The van der Waals surface area contributed by atoms with Crippen molar-refractivity contribution in [2.45, 2.75) is 30.7 Å². The van der Waals surface area contributed by atoms with Crippen LogP contribution < -0.4 is 5.32 Å². The Morgan fingerprint density at radius 3 is 3.00 bits per heavy atom. The average Bonchev–Trinajstić information content (AvgIpc) is 3.21. The molecular weight excluding hydrogens is 300 g/mol. The number of nitrogens with one attached hydrogen (secondary N) is 2. The van der Waals surface area contributed by atoms with Crippen molar-refractivity contribution in [1.29, 1.82) is 0 Å². The minimum Gasteiger partial charge on any atom is -0.341 e. The zero-order valence-electron chi connectivity index (χ0n) is 12.4. The summed E-state index contributed by atoms with van der Waals surface area (Å²) < 4.78 is 0. The fourth-order valence-electron chi connectivity index (χ4n) is 2.48. The average molecular weight is 320 g/mol. The highest BCUT2D eigenvalue weighted by molar-refractivity contribution is 7.99.